The molecule has 0 amide bonds. The second-order valence-corrected chi connectivity index (χ2v) is 7.75. The molecule has 6 nitrogen and oxygen atoms in total. The van der Waals surface area contributed by atoms with Crippen molar-refractivity contribution < 1.29 is 23.9 Å². The summed E-state index contributed by atoms with van der Waals surface area (Å²) in [5.74, 6) is -2.76. The van der Waals surface area contributed by atoms with E-state index in [2.05, 4.69) is 4.99 Å². The first-order valence-electron chi connectivity index (χ1n) is 8.41. The first-order chi connectivity index (χ1) is 13.3. The van der Waals surface area contributed by atoms with E-state index in [1.807, 2.05) is 0 Å². The Kier molecular flexibility index (Phi) is 8.10. The van der Waals surface area contributed by atoms with Crippen LogP contribution in [-0.2, 0) is 23.9 Å². The number of aliphatic imine (C=N–C) groups is 1. The minimum absolute atomic E-state index is 0.127. The van der Waals surface area contributed by atoms with Crippen LogP contribution in [0.3, 0.4) is 0 Å². The molecule has 0 aromatic heterocycles. The highest BCUT2D eigenvalue weighted by Gasteiger charge is 2.41. The molecule has 1 heterocycles. The van der Waals surface area contributed by atoms with Gasteiger partial charge in [-0.05, 0) is 18.6 Å². The molecule has 2 unspecified atom stereocenters. The fourth-order valence-corrected chi connectivity index (χ4v) is 3.86. The highest BCUT2D eigenvalue weighted by atomic mass is 35.5. The minimum atomic E-state index is -0.897. The van der Waals surface area contributed by atoms with Gasteiger partial charge in [0.05, 0.1) is 35.0 Å². The van der Waals surface area contributed by atoms with Gasteiger partial charge in [-0.3, -0.25) is 14.6 Å². The van der Waals surface area contributed by atoms with E-state index < -0.39 is 23.8 Å². The van der Waals surface area contributed by atoms with Crippen molar-refractivity contribution in [1.82, 2.24) is 0 Å². The molecule has 150 valence electrons. The molecule has 0 bridgehead atoms. The Hall–Kier alpha value is -1.83. The summed E-state index contributed by atoms with van der Waals surface area (Å²) in [4.78, 5) is 40.9. The third kappa shape index (κ3) is 4.96. The second kappa shape index (κ2) is 10.1. The van der Waals surface area contributed by atoms with Gasteiger partial charge >= 0.3 is 11.9 Å². The van der Waals surface area contributed by atoms with Gasteiger partial charge in [0.25, 0.3) is 0 Å². The summed E-state index contributed by atoms with van der Waals surface area (Å²) >= 11 is 13.6. The molecule has 2 atom stereocenters. The Labute approximate surface area is 177 Å². The Bertz CT molecular complexity index is 853. The Balaban J connectivity index is 2.69. The van der Waals surface area contributed by atoms with Crippen molar-refractivity contribution in [3.8, 4) is 0 Å². The van der Waals surface area contributed by atoms with E-state index in [-0.39, 0.29) is 33.1 Å². The Morgan fingerprint density at radius 1 is 1.25 bits per heavy atom. The number of rotatable bonds is 6. The van der Waals surface area contributed by atoms with Gasteiger partial charge in [0.2, 0.25) is 0 Å². The first kappa shape index (κ1) is 22.5. The molecular formula is C19H19Cl2NO5S. The van der Waals surface area contributed by atoms with E-state index in [1.54, 1.807) is 25.1 Å². The standard InChI is InChI=1S/C19H19Cl2NO5S/c1-4-27-19(25)16-14(9-28-10(2)23)22-8-12(18(24)26-3)15(16)11-6-5-7-13(20)17(11)21/h5-8,12,15H,4,9H2,1-3H3. The maximum atomic E-state index is 12.8. The van der Waals surface area contributed by atoms with Crippen LogP contribution in [-0.4, -0.2) is 42.7 Å². The third-order valence-electron chi connectivity index (χ3n) is 4.07. The molecule has 28 heavy (non-hydrogen) atoms. The highest BCUT2D eigenvalue weighted by molar-refractivity contribution is 8.13. The fraction of sp³-hybridized carbons (Fsp3) is 0.368. The van der Waals surface area contributed by atoms with Gasteiger partial charge in [0.1, 0.15) is 5.92 Å². The molecule has 9 heteroatoms. The zero-order valence-electron chi connectivity index (χ0n) is 15.5. The SMILES string of the molecule is CCOC(=O)C1=C(CSC(C)=O)N=CC(C(=O)OC)C1c1cccc(Cl)c1Cl. The molecule has 0 N–H and O–H groups in total. The van der Waals surface area contributed by atoms with Gasteiger partial charge in [-0.1, -0.05) is 47.1 Å². The lowest BCUT2D eigenvalue weighted by Gasteiger charge is -2.29. The van der Waals surface area contributed by atoms with E-state index in [1.165, 1.54) is 20.2 Å². The van der Waals surface area contributed by atoms with Crippen molar-refractivity contribution in [2.45, 2.75) is 19.8 Å². The normalized spacial score (nSPS) is 18.8. The Morgan fingerprint density at radius 2 is 1.96 bits per heavy atom. The van der Waals surface area contributed by atoms with Crippen molar-refractivity contribution in [2.24, 2.45) is 10.9 Å². The molecule has 1 aliphatic rings. The van der Waals surface area contributed by atoms with Gasteiger partial charge in [0.15, 0.2) is 5.12 Å². The van der Waals surface area contributed by atoms with Gasteiger partial charge in [-0.15, -0.1) is 0 Å². The lowest BCUT2D eigenvalue weighted by molar-refractivity contribution is -0.143. The maximum absolute atomic E-state index is 12.8. The zero-order chi connectivity index (χ0) is 20.8. The lowest BCUT2D eigenvalue weighted by Crippen LogP contribution is -2.33. The van der Waals surface area contributed by atoms with Crippen molar-refractivity contribution in [2.75, 3.05) is 19.5 Å². The molecule has 1 aromatic rings. The van der Waals surface area contributed by atoms with Crippen LogP contribution in [0.5, 0.6) is 0 Å². The number of hydrogen-bond acceptors (Lipinski definition) is 7. The maximum Gasteiger partial charge on any atom is 0.336 e. The van der Waals surface area contributed by atoms with Crippen LogP contribution in [0.1, 0.15) is 25.3 Å². The summed E-state index contributed by atoms with van der Waals surface area (Å²) in [6, 6.07) is 4.97. The summed E-state index contributed by atoms with van der Waals surface area (Å²) in [7, 11) is 1.25. The van der Waals surface area contributed by atoms with E-state index >= 15 is 0 Å². The van der Waals surface area contributed by atoms with Crippen LogP contribution in [0, 0.1) is 5.92 Å². The number of benzene rings is 1. The number of methoxy groups -OCH3 is 1. The van der Waals surface area contributed by atoms with Crippen LogP contribution in [0.25, 0.3) is 0 Å². The average Bonchev–Trinajstić information content (AvgIpc) is 2.67. The average molecular weight is 444 g/mol. The summed E-state index contributed by atoms with van der Waals surface area (Å²) in [5.41, 5.74) is 0.988. The van der Waals surface area contributed by atoms with E-state index in [0.717, 1.165) is 11.8 Å². The largest absolute Gasteiger partial charge is 0.468 e. The van der Waals surface area contributed by atoms with Gasteiger partial charge in [0, 0.05) is 24.8 Å². The van der Waals surface area contributed by atoms with Crippen molar-refractivity contribution in [3.05, 3.63) is 45.1 Å². The summed E-state index contributed by atoms with van der Waals surface area (Å²) in [5, 5.41) is 0.380. The minimum Gasteiger partial charge on any atom is -0.468 e. The first-order valence-corrected chi connectivity index (χ1v) is 10.1. The van der Waals surface area contributed by atoms with Crippen molar-refractivity contribution >= 4 is 58.2 Å². The quantitative estimate of drug-likeness (QED) is 0.616. The smallest absolute Gasteiger partial charge is 0.336 e. The van der Waals surface area contributed by atoms with Crippen molar-refractivity contribution in [3.63, 3.8) is 0 Å². The number of nitrogens with zero attached hydrogens (tertiary/aromatic N) is 1. The number of ether oxygens (including phenoxy) is 2. The second-order valence-electron chi connectivity index (χ2n) is 5.81. The zero-order valence-corrected chi connectivity index (χ0v) is 17.9. The monoisotopic (exact) mass is 443 g/mol. The molecular weight excluding hydrogens is 425 g/mol. The van der Waals surface area contributed by atoms with Crippen LogP contribution in [0.4, 0.5) is 0 Å². The number of hydrogen-bond donors (Lipinski definition) is 0. The van der Waals surface area contributed by atoms with Gasteiger partial charge in [-0.2, -0.15) is 0 Å². The molecule has 0 aliphatic carbocycles. The summed E-state index contributed by atoms with van der Waals surface area (Å²) in [6.45, 7) is 3.23. The summed E-state index contributed by atoms with van der Waals surface area (Å²) in [6.07, 6.45) is 1.41. The number of halogens is 2. The van der Waals surface area contributed by atoms with Crippen molar-refractivity contribution in [1.29, 1.82) is 0 Å². The molecule has 1 aromatic carbocycles. The van der Waals surface area contributed by atoms with E-state index in [0.29, 0.717) is 11.3 Å². The third-order valence-corrected chi connectivity index (χ3v) is 5.73. The van der Waals surface area contributed by atoms with E-state index in [9.17, 15) is 14.4 Å². The fourth-order valence-electron chi connectivity index (χ4n) is 2.87. The molecule has 0 saturated heterocycles. The Morgan fingerprint density at radius 3 is 2.57 bits per heavy atom. The summed E-state index contributed by atoms with van der Waals surface area (Å²) < 4.78 is 10.1. The molecule has 0 fully saturated rings. The van der Waals surface area contributed by atoms with Gasteiger partial charge in [-0.25, -0.2) is 4.79 Å². The molecule has 0 radical (unpaired) electrons. The number of carbonyl (C=O) groups is 3. The predicted octanol–water partition coefficient (Wildman–Crippen LogP) is 4.05. The van der Waals surface area contributed by atoms with Gasteiger partial charge < -0.3 is 9.47 Å². The van der Waals surface area contributed by atoms with Crippen LogP contribution in [0.15, 0.2) is 34.5 Å². The highest BCUT2D eigenvalue weighted by Crippen LogP contribution is 2.43. The molecule has 2 rings (SSSR count). The molecule has 0 spiro atoms. The topological polar surface area (TPSA) is 82.0 Å². The van der Waals surface area contributed by atoms with Crippen LogP contribution in [0.2, 0.25) is 10.0 Å². The molecule has 1 aliphatic heterocycles. The van der Waals surface area contributed by atoms with E-state index in [4.69, 9.17) is 32.7 Å². The number of esters is 2. The van der Waals surface area contributed by atoms with Crippen LogP contribution >= 0.6 is 35.0 Å². The lowest BCUT2D eigenvalue weighted by atomic mass is 9.78. The number of carbonyl (C=O) groups excluding carboxylic acids is 3. The van der Waals surface area contributed by atoms with Crippen LogP contribution < -0.4 is 0 Å². The predicted molar refractivity (Wildman–Crippen MR) is 110 cm³/mol. The number of thioether (sulfide) groups is 1. The molecule has 0 saturated carbocycles.